The van der Waals surface area contributed by atoms with Crippen molar-refractivity contribution in [1.82, 2.24) is 0 Å². The molecule has 1 saturated heterocycles. The molecule has 1 heterocycles. The highest BCUT2D eigenvalue weighted by molar-refractivity contribution is 8.00. The number of hydrogen-bond donors (Lipinski definition) is 1. The second-order valence-corrected chi connectivity index (χ2v) is 5.94. The van der Waals surface area contributed by atoms with E-state index in [1.807, 2.05) is 24.8 Å². The molecular weight excluding hydrogens is 221 g/mol. The van der Waals surface area contributed by atoms with Gasteiger partial charge in [0.2, 0.25) is 0 Å². The summed E-state index contributed by atoms with van der Waals surface area (Å²) in [6, 6.07) is 5.63. The highest BCUT2D eigenvalue weighted by Gasteiger charge is 2.22. The van der Waals surface area contributed by atoms with Crippen LogP contribution in [0.1, 0.15) is 25.3 Å². The summed E-state index contributed by atoms with van der Waals surface area (Å²) in [4.78, 5) is 0. The van der Waals surface area contributed by atoms with Crippen molar-refractivity contribution in [3.05, 3.63) is 29.6 Å². The summed E-state index contributed by atoms with van der Waals surface area (Å²) < 4.78 is 13.6. The molecule has 0 radical (unpaired) electrons. The van der Waals surface area contributed by atoms with Gasteiger partial charge in [-0.15, -0.1) is 0 Å². The first kappa shape index (κ1) is 11.8. The van der Waals surface area contributed by atoms with E-state index in [1.165, 1.54) is 18.2 Å². The van der Waals surface area contributed by atoms with Gasteiger partial charge in [-0.05, 0) is 43.2 Å². The van der Waals surface area contributed by atoms with Crippen LogP contribution in [0.25, 0.3) is 0 Å². The van der Waals surface area contributed by atoms with Crippen LogP contribution < -0.4 is 5.32 Å². The summed E-state index contributed by atoms with van der Waals surface area (Å²) in [5.74, 6) is 1.09. The van der Waals surface area contributed by atoms with Gasteiger partial charge < -0.3 is 5.32 Å². The molecule has 1 aromatic rings. The number of hydrogen-bond acceptors (Lipinski definition) is 2. The summed E-state index contributed by atoms with van der Waals surface area (Å²) in [5, 5.41) is 3.91. The van der Waals surface area contributed by atoms with Crippen molar-refractivity contribution in [2.45, 2.75) is 38.0 Å². The molecular formula is C13H18FNS. The normalized spacial score (nSPS) is 25.4. The third-order valence-electron chi connectivity index (χ3n) is 3.07. The molecule has 1 aliphatic heterocycles. The maximum atomic E-state index is 13.6. The second-order valence-electron chi connectivity index (χ2n) is 4.45. The van der Waals surface area contributed by atoms with Crippen molar-refractivity contribution in [3.63, 3.8) is 0 Å². The number of nitrogens with one attached hydrogen (secondary N) is 1. The molecule has 1 aliphatic rings. The minimum absolute atomic E-state index is 0.145. The average molecular weight is 239 g/mol. The fraction of sp³-hybridized carbons (Fsp3) is 0.538. The largest absolute Gasteiger partial charge is 0.379 e. The smallest absolute Gasteiger partial charge is 0.146 e. The van der Waals surface area contributed by atoms with Crippen LogP contribution in [-0.4, -0.2) is 17.0 Å². The van der Waals surface area contributed by atoms with Gasteiger partial charge in [-0.2, -0.15) is 11.8 Å². The lowest BCUT2D eigenvalue weighted by molar-refractivity contribution is 0.596. The first-order valence-corrected chi connectivity index (χ1v) is 6.86. The van der Waals surface area contributed by atoms with Gasteiger partial charge in [-0.25, -0.2) is 4.39 Å². The Morgan fingerprint density at radius 2 is 2.25 bits per heavy atom. The molecule has 0 aromatic heterocycles. The van der Waals surface area contributed by atoms with Crippen LogP contribution >= 0.6 is 11.8 Å². The van der Waals surface area contributed by atoms with Crippen LogP contribution in [0.3, 0.4) is 0 Å². The molecule has 1 fully saturated rings. The van der Waals surface area contributed by atoms with Crippen LogP contribution in [0.2, 0.25) is 0 Å². The number of thioether (sulfide) groups is 1. The fourth-order valence-electron chi connectivity index (χ4n) is 2.06. The monoisotopic (exact) mass is 239 g/mol. The number of anilines is 1. The zero-order valence-corrected chi connectivity index (χ0v) is 10.6. The van der Waals surface area contributed by atoms with Gasteiger partial charge in [0.1, 0.15) is 5.82 Å². The molecule has 0 bridgehead atoms. The Hall–Kier alpha value is -0.700. The maximum Gasteiger partial charge on any atom is 0.146 e. The van der Waals surface area contributed by atoms with Crippen molar-refractivity contribution in [1.29, 1.82) is 0 Å². The molecule has 3 heteroatoms. The lowest BCUT2D eigenvalue weighted by atomic mass is 10.1. The standard InChI is InChI=1S/C13H18FNS/c1-9-5-6-11(14)13(8-9)15-12-4-3-7-16-10(12)2/h5-6,8,10,12,15H,3-4,7H2,1-2H3. The van der Waals surface area contributed by atoms with Gasteiger partial charge in [-0.1, -0.05) is 13.0 Å². The van der Waals surface area contributed by atoms with E-state index in [2.05, 4.69) is 12.2 Å². The van der Waals surface area contributed by atoms with Crippen LogP contribution in [0, 0.1) is 12.7 Å². The highest BCUT2D eigenvalue weighted by atomic mass is 32.2. The van der Waals surface area contributed by atoms with Crippen molar-refractivity contribution in [2.75, 3.05) is 11.1 Å². The molecule has 2 atom stereocenters. The first-order chi connectivity index (χ1) is 7.66. The van der Waals surface area contributed by atoms with Crippen molar-refractivity contribution < 1.29 is 4.39 Å². The zero-order chi connectivity index (χ0) is 11.5. The molecule has 2 rings (SSSR count). The molecule has 1 aromatic carbocycles. The second kappa shape index (κ2) is 5.09. The topological polar surface area (TPSA) is 12.0 Å². The highest BCUT2D eigenvalue weighted by Crippen LogP contribution is 2.28. The van der Waals surface area contributed by atoms with Crippen molar-refractivity contribution in [2.24, 2.45) is 0 Å². The molecule has 0 aliphatic carbocycles. The Labute approximate surface area is 101 Å². The molecule has 0 amide bonds. The molecule has 16 heavy (non-hydrogen) atoms. The van der Waals surface area contributed by atoms with E-state index in [0.717, 1.165) is 12.0 Å². The van der Waals surface area contributed by atoms with Crippen LogP contribution in [-0.2, 0) is 0 Å². The fourth-order valence-corrected chi connectivity index (χ4v) is 3.20. The van der Waals surface area contributed by atoms with Gasteiger partial charge in [-0.3, -0.25) is 0 Å². The van der Waals surface area contributed by atoms with E-state index in [4.69, 9.17) is 0 Å². The Morgan fingerprint density at radius 1 is 1.44 bits per heavy atom. The molecule has 2 unspecified atom stereocenters. The number of aryl methyl sites for hydroxylation is 1. The van der Waals surface area contributed by atoms with E-state index in [0.29, 0.717) is 17.0 Å². The lowest BCUT2D eigenvalue weighted by Gasteiger charge is -2.30. The third kappa shape index (κ3) is 2.70. The Morgan fingerprint density at radius 3 is 3.00 bits per heavy atom. The quantitative estimate of drug-likeness (QED) is 0.841. The predicted octanol–water partition coefficient (Wildman–Crippen LogP) is 3.83. The van der Waals surface area contributed by atoms with E-state index in [9.17, 15) is 4.39 Å². The van der Waals surface area contributed by atoms with Crippen LogP contribution in [0.5, 0.6) is 0 Å². The van der Waals surface area contributed by atoms with E-state index in [-0.39, 0.29) is 5.82 Å². The molecule has 0 spiro atoms. The van der Waals surface area contributed by atoms with E-state index in [1.54, 1.807) is 6.07 Å². The lowest BCUT2D eigenvalue weighted by Crippen LogP contribution is -2.33. The van der Waals surface area contributed by atoms with Gasteiger partial charge in [0.15, 0.2) is 0 Å². The van der Waals surface area contributed by atoms with Gasteiger partial charge in [0.25, 0.3) is 0 Å². The molecule has 1 nitrogen and oxygen atoms in total. The van der Waals surface area contributed by atoms with Crippen molar-refractivity contribution >= 4 is 17.4 Å². The van der Waals surface area contributed by atoms with Crippen LogP contribution in [0.15, 0.2) is 18.2 Å². The number of benzene rings is 1. The van der Waals surface area contributed by atoms with Gasteiger partial charge in [0.05, 0.1) is 5.69 Å². The van der Waals surface area contributed by atoms with Gasteiger partial charge in [0, 0.05) is 11.3 Å². The Kier molecular flexibility index (Phi) is 3.74. The summed E-state index contributed by atoms with van der Waals surface area (Å²) in [6.45, 7) is 4.21. The summed E-state index contributed by atoms with van der Waals surface area (Å²) in [7, 11) is 0. The average Bonchev–Trinajstić information content (AvgIpc) is 2.27. The van der Waals surface area contributed by atoms with Gasteiger partial charge >= 0.3 is 0 Å². The van der Waals surface area contributed by atoms with Crippen molar-refractivity contribution in [3.8, 4) is 0 Å². The maximum absolute atomic E-state index is 13.6. The zero-order valence-electron chi connectivity index (χ0n) is 9.79. The predicted molar refractivity (Wildman–Crippen MR) is 69.7 cm³/mol. The van der Waals surface area contributed by atoms with Crippen LogP contribution in [0.4, 0.5) is 10.1 Å². The Bertz CT molecular complexity index is 367. The molecule has 0 saturated carbocycles. The van der Waals surface area contributed by atoms with E-state index >= 15 is 0 Å². The van der Waals surface area contributed by atoms with E-state index < -0.39 is 0 Å². The summed E-state index contributed by atoms with van der Waals surface area (Å²) in [6.07, 6.45) is 2.36. The minimum Gasteiger partial charge on any atom is -0.379 e. The molecule has 1 N–H and O–H groups in total. The number of rotatable bonds is 2. The molecule has 88 valence electrons. The Balaban J connectivity index is 2.10. The SMILES string of the molecule is Cc1ccc(F)c(NC2CCCSC2C)c1. The number of halogens is 1. The first-order valence-electron chi connectivity index (χ1n) is 5.81. The summed E-state index contributed by atoms with van der Waals surface area (Å²) in [5.41, 5.74) is 1.75. The minimum atomic E-state index is -0.145. The third-order valence-corrected chi connectivity index (χ3v) is 4.45. The summed E-state index contributed by atoms with van der Waals surface area (Å²) >= 11 is 1.97.